The second-order valence-electron chi connectivity index (χ2n) is 3.06. The third-order valence-corrected chi connectivity index (χ3v) is 2.05. The Morgan fingerprint density at radius 1 is 0.625 bits per heavy atom. The van der Waals surface area contributed by atoms with Crippen molar-refractivity contribution in [3.8, 4) is 0 Å². The van der Waals surface area contributed by atoms with Crippen LogP contribution in [0.1, 0.15) is 0 Å². The Morgan fingerprint density at radius 2 is 0.875 bits per heavy atom. The minimum Gasteiger partial charge on any atom is -0.269 e. The molecule has 0 saturated carbocycles. The highest BCUT2D eigenvalue weighted by Crippen LogP contribution is 2.08. The van der Waals surface area contributed by atoms with E-state index in [1.165, 1.54) is 0 Å². The van der Waals surface area contributed by atoms with Crippen molar-refractivity contribution in [2.45, 2.75) is 0 Å². The molecule has 4 amide bonds. The van der Waals surface area contributed by atoms with Crippen molar-refractivity contribution in [2.75, 3.05) is 0 Å². The van der Waals surface area contributed by atoms with Crippen molar-refractivity contribution in [3.63, 3.8) is 0 Å². The predicted molar refractivity (Wildman–Crippen MR) is 51.1 cm³/mol. The number of hydrogen-bond acceptors (Lipinski definition) is 4. The van der Waals surface area contributed by atoms with Crippen molar-refractivity contribution < 1.29 is 19.2 Å². The van der Waals surface area contributed by atoms with Crippen LogP contribution in [-0.2, 0) is 19.2 Å². The summed E-state index contributed by atoms with van der Waals surface area (Å²) >= 11 is 0. The number of rotatable bonds is 2. The van der Waals surface area contributed by atoms with E-state index >= 15 is 0 Å². The van der Waals surface area contributed by atoms with Gasteiger partial charge in [-0.05, 0) is 0 Å². The molecule has 2 rings (SSSR count). The quantitative estimate of drug-likeness (QED) is 0.575. The van der Waals surface area contributed by atoms with E-state index in [1.54, 1.807) is 0 Å². The van der Waals surface area contributed by atoms with Gasteiger partial charge in [-0.1, -0.05) is 0 Å². The fourth-order valence-electron chi connectivity index (χ4n) is 1.25. The van der Waals surface area contributed by atoms with E-state index in [2.05, 4.69) is 0 Å². The summed E-state index contributed by atoms with van der Waals surface area (Å²) in [6, 6.07) is 0. The first-order chi connectivity index (χ1) is 7.59. The minimum absolute atomic E-state index is 0.506. The number of imide groups is 2. The summed E-state index contributed by atoms with van der Waals surface area (Å²) in [5, 5.41) is 0. The first-order valence-corrected chi connectivity index (χ1v) is 4.38. The Balaban J connectivity index is 2.11. The van der Waals surface area contributed by atoms with Crippen LogP contribution < -0.4 is 0 Å². The van der Waals surface area contributed by atoms with Crippen LogP contribution in [0, 0.1) is 0 Å². The van der Waals surface area contributed by atoms with Gasteiger partial charge in [0.15, 0.2) is 0 Å². The van der Waals surface area contributed by atoms with E-state index in [0.29, 0.717) is 0 Å². The molecule has 0 atom stereocenters. The molecular weight excluding hydrogens is 212 g/mol. The summed E-state index contributed by atoms with van der Waals surface area (Å²) in [5.41, 5.74) is 0. The molecule has 2 heterocycles. The van der Waals surface area contributed by atoms with E-state index in [1.807, 2.05) is 0 Å². The van der Waals surface area contributed by atoms with Crippen LogP contribution in [0.2, 0.25) is 0 Å². The molecule has 0 aromatic rings. The maximum absolute atomic E-state index is 11.1. The summed E-state index contributed by atoms with van der Waals surface area (Å²) in [5.74, 6) is -2.02. The molecule has 2 aliphatic heterocycles. The molecule has 6 heteroatoms. The van der Waals surface area contributed by atoms with Crippen LogP contribution in [0.4, 0.5) is 0 Å². The predicted octanol–water partition coefficient (Wildman–Crippen LogP) is -0.692. The number of nitrogens with zero attached hydrogens (tertiary/aromatic N) is 2. The Bertz CT molecular complexity index is 407. The molecule has 0 aromatic carbocycles. The Hall–Kier alpha value is -2.50. The Morgan fingerprint density at radius 3 is 1.12 bits per heavy atom. The summed E-state index contributed by atoms with van der Waals surface area (Å²) in [6.45, 7) is 0. The molecular formula is C10H6N2O4. The van der Waals surface area contributed by atoms with Gasteiger partial charge in [0.05, 0.1) is 0 Å². The summed E-state index contributed by atoms with van der Waals surface area (Å²) in [6.07, 6.45) is 6.62. The zero-order valence-electron chi connectivity index (χ0n) is 7.99. The van der Waals surface area contributed by atoms with Crippen molar-refractivity contribution in [3.05, 3.63) is 36.7 Å². The van der Waals surface area contributed by atoms with Crippen LogP contribution in [0.5, 0.6) is 0 Å². The van der Waals surface area contributed by atoms with Crippen molar-refractivity contribution in [1.82, 2.24) is 9.80 Å². The molecule has 0 unspecified atom stereocenters. The largest absolute Gasteiger partial charge is 0.269 e. The molecule has 0 saturated heterocycles. The highest BCUT2D eigenvalue weighted by atomic mass is 16.2. The molecule has 6 nitrogen and oxygen atoms in total. The monoisotopic (exact) mass is 218 g/mol. The maximum atomic E-state index is 11.1. The van der Waals surface area contributed by atoms with Crippen LogP contribution in [0.3, 0.4) is 0 Å². The molecule has 0 spiro atoms. The van der Waals surface area contributed by atoms with Gasteiger partial charge in [0.2, 0.25) is 0 Å². The SMILES string of the molecule is O=C1C=CC(=O)N1C=CN1C(=O)C=CC1=O. The normalized spacial score (nSPS) is 20.0. The minimum atomic E-state index is -0.506. The lowest BCUT2D eigenvalue weighted by Crippen LogP contribution is -2.28. The van der Waals surface area contributed by atoms with E-state index in [0.717, 1.165) is 46.5 Å². The first-order valence-electron chi connectivity index (χ1n) is 4.38. The van der Waals surface area contributed by atoms with Gasteiger partial charge in [-0.2, -0.15) is 0 Å². The van der Waals surface area contributed by atoms with Gasteiger partial charge in [0.25, 0.3) is 23.6 Å². The van der Waals surface area contributed by atoms with Gasteiger partial charge in [0.1, 0.15) is 0 Å². The Labute approximate surface area is 90.1 Å². The van der Waals surface area contributed by atoms with Gasteiger partial charge in [-0.3, -0.25) is 19.2 Å². The maximum Gasteiger partial charge on any atom is 0.257 e. The van der Waals surface area contributed by atoms with Crippen LogP contribution in [-0.4, -0.2) is 33.4 Å². The molecule has 0 N–H and O–H groups in total. The zero-order valence-corrected chi connectivity index (χ0v) is 7.99. The van der Waals surface area contributed by atoms with Gasteiger partial charge < -0.3 is 0 Å². The van der Waals surface area contributed by atoms with Gasteiger partial charge in [-0.15, -0.1) is 0 Å². The number of amides is 4. The van der Waals surface area contributed by atoms with Crippen molar-refractivity contribution in [1.29, 1.82) is 0 Å². The average molecular weight is 218 g/mol. The lowest BCUT2D eigenvalue weighted by Gasteiger charge is -2.10. The van der Waals surface area contributed by atoms with Crippen LogP contribution in [0.15, 0.2) is 36.7 Å². The third-order valence-electron chi connectivity index (χ3n) is 2.05. The number of carbonyl (C=O) groups excluding carboxylic acids is 4. The lowest BCUT2D eigenvalue weighted by molar-refractivity contribution is -0.136. The fourth-order valence-corrected chi connectivity index (χ4v) is 1.25. The highest BCUT2D eigenvalue weighted by molar-refractivity contribution is 6.15. The Kier molecular flexibility index (Phi) is 2.24. The molecule has 2 aliphatic rings. The van der Waals surface area contributed by atoms with Gasteiger partial charge >= 0.3 is 0 Å². The second-order valence-corrected chi connectivity index (χ2v) is 3.06. The van der Waals surface area contributed by atoms with E-state index in [-0.39, 0.29) is 0 Å². The van der Waals surface area contributed by atoms with Crippen molar-refractivity contribution >= 4 is 23.6 Å². The zero-order chi connectivity index (χ0) is 11.7. The summed E-state index contributed by atoms with van der Waals surface area (Å²) in [7, 11) is 0. The molecule has 0 radical (unpaired) electrons. The smallest absolute Gasteiger partial charge is 0.257 e. The second kappa shape index (κ2) is 3.58. The fraction of sp³-hybridized carbons (Fsp3) is 0. The topological polar surface area (TPSA) is 74.8 Å². The highest BCUT2D eigenvalue weighted by Gasteiger charge is 2.24. The molecule has 0 aromatic heterocycles. The average Bonchev–Trinajstić information content (AvgIpc) is 2.72. The van der Waals surface area contributed by atoms with Crippen LogP contribution >= 0.6 is 0 Å². The first kappa shape index (κ1) is 10.0. The van der Waals surface area contributed by atoms with E-state index < -0.39 is 23.6 Å². The standard InChI is InChI=1S/C10H6N2O4/c13-7-1-2-8(14)11(7)5-6-12-9(15)3-4-10(12)16/h1-6H. The summed E-state index contributed by atoms with van der Waals surface area (Å²) in [4.78, 5) is 46.1. The number of hydrogen-bond donors (Lipinski definition) is 0. The van der Waals surface area contributed by atoms with Crippen LogP contribution in [0.25, 0.3) is 0 Å². The number of carbonyl (C=O) groups is 4. The van der Waals surface area contributed by atoms with E-state index in [4.69, 9.17) is 0 Å². The third kappa shape index (κ3) is 1.56. The molecule has 16 heavy (non-hydrogen) atoms. The summed E-state index contributed by atoms with van der Waals surface area (Å²) < 4.78 is 0. The van der Waals surface area contributed by atoms with Crippen molar-refractivity contribution in [2.24, 2.45) is 0 Å². The van der Waals surface area contributed by atoms with Gasteiger partial charge in [0, 0.05) is 36.7 Å². The molecule has 0 bridgehead atoms. The molecule has 80 valence electrons. The van der Waals surface area contributed by atoms with E-state index in [9.17, 15) is 19.2 Å². The molecule has 0 aliphatic carbocycles. The molecule has 0 fully saturated rings. The lowest BCUT2D eigenvalue weighted by atomic mass is 10.5. The van der Waals surface area contributed by atoms with Gasteiger partial charge in [-0.25, -0.2) is 9.80 Å².